The van der Waals surface area contributed by atoms with E-state index in [-0.39, 0.29) is 11.7 Å². The number of aromatic nitrogens is 3. The maximum absolute atomic E-state index is 12.6. The highest BCUT2D eigenvalue weighted by Crippen LogP contribution is 2.30. The molecule has 1 atom stereocenters. The van der Waals surface area contributed by atoms with Crippen LogP contribution in [-0.2, 0) is 0 Å². The van der Waals surface area contributed by atoms with Gasteiger partial charge < -0.3 is 20.6 Å². The zero-order chi connectivity index (χ0) is 20.5. The third-order valence-corrected chi connectivity index (χ3v) is 6.11. The molecule has 0 saturated carbocycles. The molecule has 9 heteroatoms. The molecule has 3 aromatic rings. The number of amides is 1. The van der Waals surface area contributed by atoms with Crippen LogP contribution in [0.2, 0.25) is 0 Å². The molecule has 4 rings (SSSR count). The van der Waals surface area contributed by atoms with Crippen molar-refractivity contribution in [3.05, 3.63) is 46.6 Å². The van der Waals surface area contributed by atoms with Crippen molar-refractivity contribution >= 4 is 33.9 Å². The molecule has 0 unspecified atom stereocenters. The number of likely N-dealkylation sites (tertiary alicyclic amines) is 1. The molecule has 2 aromatic heterocycles. The van der Waals surface area contributed by atoms with Crippen LogP contribution in [0, 0.1) is 13.8 Å². The fourth-order valence-corrected chi connectivity index (χ4v) is 4.20. The molecule has 3 N–H and O–H groups in total. The van der Waals surface area contributed by atoms with E-state index in [4.69, 9.17) is 0 Å². The third kappa shape index (κ3) is 4.10. The number of nitrogens with zero attached hydrogens (tertiary/aromatic N) is 4. The van der Waals surface area contributed by atoms with Crippen molar-refractivity contribution < 1.29 is 9.90 Å². The minimum atomic E-state index is -0.258. The average molecular weight is 413 g/mol. The van der Waals surface area contributed by atoms with Crippen LogP contribution in [0.15, 0.2) is 30.6 Å². The van der Waals surface area contributed by atoms with Gasteiger partial charge in [-0.25, -0.2) is 4.98 Å². The minimum Gasteiger partial charge on any atom is -0.508 e. The normalized spacial score (nSPS) is 16.9. The fourth-order valence-electron chi connectivity index (χ4n) is 3.49. The van der Waals surface area contributed by atoms with Crippen LogP contribution in [0.1, 0.15) is 33.3 Å². The Kier molecular flexibility index (Phi) is 5.25. The van der Waals surface area contributed by atoms with Gasteiger partial charge in [0.1, 0.15) is 10.6 Å². The zero-order valence-electron chi connectivity index (χ0n) is 16.6. The number of anilines is 3. The minimum absolute atomic E-state index is 0.154. The zero-order valence-corrected chi connectivity index (χ0v) is 17.5. The van der Waals surface area contributed by atoms with E-state index in [1.165, 1.54) is 11.3 Å². The summed E-state index contributed by atoms with van der Waals surface area (Å²) in [4.78, 5) is 19.7. The highest BCUT2D eigenvalue weighted by molar-refractivity contribution is 7.17. The van der Waals surface area contributed by atoms with Crippen molar-refractivity contribution in [2.24, 2.45) is 0 Å². The van der Waals surface area contributed by atoms with E-state index in [0.29, 0.717) is 33.1 Å². The van der Waals surface area contributed by atoms with Crippen LogP contribution >= 0.6 is 11.3 Å². The summed E-state index contributed by atoms with van der Waals surface area (Å²) in [5.74, 6) is 0.606. The van der Waals surface area contributed by atoms with Gasteiger partial charge in [0.25, 0.3) is 5.91 Å². The first-order chi connectivity index (χ1) is 13.9. The summed E-state index contributed by atoms with van der Waals surface area (Å²) in [5, 5.41) is 21.1. The molecular weight excluding hydrogens is 388 g/mol. The van der Waals surface area contributed by atoms with Crippen molar-refractivity contribution in [1.29, 1.82) is 0 Å². The summed E-state index contributed by atoms with van der Waals surface area (Å²) in [6.07, 6.45) is 4.60. The number of hydrogen-bond donors (Lipinski definition) is 3. The summed E-state index contributed by atoms with van der Waals surface area (Å²) in [7, 11) is 2.12. The second-order valence-electron chi connectivity index (χ2n) is 7.40. The number of rotatable bonds is 5. The third-order valence-electron chi connectivity index (χ3n) is 5.20. The summed E-state index contributed by atoms with van der Waals surface area (Å²) >= 11 is 1.26. The lowest BCUT2D eigenvalue weighted by Crippen LogP contribution is -2.16. The van der Waals surface area contributed by atoms with Crippen molar-refractivity contribution in [2.75, 3.05) is 30.8 Å². The molecule has 0 radical (unpaired) electrons. The maximum atomic E-state index is 12.6. The SMILES string of the molecule is Cc1ccc(O)c(C)c1NC(=O)c1cnc(Nc2ccn([C@@H]3CCN(C)C3)n2)s1. The van der Waals surface area contributed by atoms with Gasteiger partial charge in [0.15, 0.2) is 10.9 Å². The number of nitrogens with one attached hydrogen (secondary N) is 2. The number of thiazole rings is 1. The number of aromatic hydroxyl groups is 1. The number of phenols is 1. The van der Waals surface area contributed by atoms with E-state index in [9.17, 15) is 9.90 Å². The van der Waals surface area contributed by atoms with E-state index in [0.717, 1.165) is 25.1 Å². The largest absolute Gasteiger partial charge is 0.508 e. The lowest BCUT2D eigenvalue weighted by Gasteiger charge is -2.11. The van der Waals surface area contributed by atoms with Gasteiger partial charge in [-0.2, -0.15) is 5.10 Å². The number of likely N-dealkylation sites (N-methyl/N-ethyl adjacent to an activating group) is 1. The first-order valence-electron chi connectivity index (χ1n) is 9.48. The second-order valence-corrected chi connectivity index (χ2v) is 8.43. The Balaban J connectivity index is 1.43. The summed E-state index contributed by atoms with van der Waals surface area (Å²) in [6.45, 7) is 5.74. The van der Waals surface area contributed by atoms with Gasteiger partial charge >= 0.3 is 0 Å². The van der Waals surface area contributed by atoms with E-state index in [1.54, 1.807) is 25.3 Å². The fraction of sp³-hybridized carbons (Fsp3) is 0.350. The Bertz CT molecular complexity index is 1040. The quantitative estimate of drug-likeness (QED) is 0.593. The molecule has 1 aliphatic rings. The molecule has 0 spiro atoms. The van der Waals surface area contributed by atoms with Crippen LogP contribution < -0.4 is 10.6 Å². The number of phenolic OH excluding ortho intramolecular Hbond substituents is 1. The van der Waals surface area contributed by atoms with E-state index < -0.39 is 0 Å². The molecule has 8 nitrogen and oxygen atoms in total. The van der Waals surface area contributed by atoms with Gasteiger partial charge in [0.2, 0.25) is 0 Å². The van der Waals surface area contributed by atoms with Crippen molar-refractivity contribution in [3.63, 3.8) is 0 Å². The average Bonchev–Trinajstić information content (AvgIpc) is 3.43. The summed E-state index contributed by atoms with van der Waals surface area (Å²) in [5.41, 5.74) is 2.15. The van der Waals surface area contributed by atoms with Gasteiger partial charge in [-0.05, 0) is 45.5 Å². The van der Waals surface area contributed by atoms with Gasteiger partial charge in [-0.1, -0.05) is 17.4 Å². The van der Waals surface area contributed by atoms with Crippen LogP contribution in [0.3, 0.4) is 0 Å². The first-order valence-corrected chi connectivity index (χ1v) is 10.3. The van der Waals surface area contributed by atoms with Crippen LogP contribution in [0.25, 0.3) is 0 Å². The van der Waals surface area contributed by atoms with Crippen LogP contribution in [-0.4, -0.2) is 50.8 Å². The number of carbonyl (C=O) groups excluding carboxylic acids is 1. The molecule has 152 valence electrons. The first kappa shape index (κ1) is 19.4. The van der Waals surface area contributed by atoms with Crippen molar-refractivity contribution in [3.8, 4) is 5.75 Å². The van der Waals surface area contributed by atoms with E-state index in [1.807, 2.05) is 23.9 Å². The highest BCUT2D eigenvalue weighted by Gasteiger charge is 2.22. The molecule has 29 heavy (non-hydrogen) atoms. The van der Waals surface area contributed by atoms with Gasteiger partial charge in [0.05, 0.1) is 17.9 Å². The number of hydrogen-bond acceptors (Lipinski definition) is 7. The molecule has 0 aliphatic carbocycles. The van der Waals surface area contributed by atoms with Gasteiger partial charge in [-0.15, -0.1) is 0 Å². The predicted octanol–water partition coefficient (Wildman–Crippen LogP) is 3.53. The molecule has 1 amide bonds. The molecule has 0 bridgehead atoms. The lowest BCUT2D eigenvalue weighted by atomic mass is 10.1. The lowest BCUT2D eigenvalue weighted by molar-refractivity contribution is 0.103. The summed E-state index contributed by atoms with van der Waals surface area (Å²) in [6, 6.07) is 5.70. The van der Waals surface area contributed by atoms with Gasteiger partial charge in [0, 0.05) is 24.4 Å². The molecule has 1 aliphatic heterocycles. The van der Waals surface area contributed by atoms with Crippen molar-refractivity contribution in [2.45, 2.75) is 26.3 Å². The maximum Gasteiger partial charge on any atom is 0.267 e. The Morgan fingerprint density at radius 2 is 2.14 bits per heavy atom. The Morgan fingerprint density at radius 3 is 2.90 bits per heavy atom. The van der Waals surface area contributed by atoms with Gasteiger partial charge in [-0.3, -0.25) is 9.48 Å². The second kappa shape index (κ2) is 7.84. The molecule has 1 aromatic carbocycles. The Labute approximate surface area is 173 Å². The van der Waals surface area contributed by atoms with Crippen LogP contribution in [0.5, 0.6) is 5.75 Å². The molecule has 1 fully saturated rings. The Morgan fingerprint density at radius 1 is 1.31 bits per heavy atom. The van der Waals surface area contributed by atoms with E-state index >= 15 is 0 Å². The summed E-state index contributed by atoms with van der Waals surface area (Å²) < 4.78 is 1.99. The van der Waals surface area contributed by atoms with E-state index in [2.05, 4.69) is 32.7 Å². The molecule has 1 saturated heterocycles. The Hall–Kier alpha value is -2.91. The monoisotopic (exact) mass is 412 g/mol. The topological polar surface area (TPSA) is 95.3 Å². The predicted molar refractivity (Wildman–Crippen MR) is 114 cm³/mol. The number of carbonyl (C=O) groups is 1. The van der Waals surface area contributed by atoms with Crippen LogP contribution in [0.4, 0.5) is 16.6 Å². The smallest absolute Gasteiger partial charge is 0.267 e. The standard InChI is InChI=1S/C20H24N6O2S/c1-12-4-5-15(27)13(2)18(12)23-19(28)16-10-21-20(29-16)22-17-7-9-26(24-17)14-6-8-25(3)11-14/h4-5,7,9-10,14,27H,6,8,11H2,1-3H3,(H,23,28)(H,21,22,24)/t14-/m1/s1. The number of aryl methyl sites for hydroxylation is 1. The number of benzene rings is 1. The van der Waals surface area contributed by atoms with Crippen molar-refractivity contribution in [1.82, 2.24) is 19.7 Å². The molecular formula is C20H24N6O2S. The molecule has 3 heterocycles. The highest BCUT2D eigenvalue weighted by atomic mass is 32.1.